The summed E-state index contributed by atoms with van der Waals surface area (Å²) in [6, 6.07) is 6.04. The zero-order valence-corrected chi connectivity index (χ0v) is 15.9. The van der Waals surface area contributed by atoms with E-state index in [2.05, 4.69) is 15.7 Å². The Labute approximate surface area is 164 Å². The molecule has 2 aromatic rings. The van der Waals surface area contributed by atoms with E-state index in [-0.39, 0.29) is 24.0 Å². The maximum Gasteiger partial charge on any atom is 0.319 e. The Hall–Kier alpha value is -2.41. The number of benzene rings is 1. The summed E-state index contributed by atoms with van der Waals surface area (Å²) in [5, 5.41) is 10.3. The Morgan fingerprint density at radius 2 is 2.00 bits per heavy atom. The van der Waals surface area contributed by atoms with Gasteiger partial charge in [0.05, 0.1) is 30.6 Å². The smallest absolute Gasteiger partial charge is 0.319 e. The molecule has 2 unspecified atom stereocenters. The minimum atomic E-state index is -0.267. The first kappa shape index (κ1) is 18.9. The van der Waals surface area contributed by atoms with E-state index in [4.69, 9.17) is 4.74 Å². The number of hydrogen-bond acceptors (Lipinski definition) is 3. The van der Waals surface area contributed by atoms with Crippen LogP contribution in [0.5, 0.6) is 0 Å². The molecule has 0 spiro atoms. The van der Waals surface area contributed by atoms with Gasteiger partial charge in [-0.1, -0.05) is 25.0 Å². The average Bonchev–Trinajstić information content (AvgIpc) is 3.44. The van der Waals surface area contributed by atoms with Crippen LogP contribution in [-0.4, -0.2) is 28.5 Å². The second-order valence-corrected chi connectivity index (χ2v) is 7.76. The number of nitrogens with zero attached hydrogens (tertiary/aromatic N) is 2. The summed E-state index contributed by atoms with van der Waals surface area (Å²) in [7, 11) is 0. The highest BCUT2D eigenvalue weighted by Gasteiger charge is 2.28. The first-order chi connectivity index (χ1) is 13.7. The third kappa shape index (κ3) is 4.70. The number of amides is 2. The molecule has 7 heteroatoms. The van der Waals surface area contributed by atoms with E-state index in [1.165, 1.54) is 25.0 Å². The van der Waals surface area contributed by atoms with Gasteiger partial charge in [-0.05, 0) is 49.3 Å². The number of halogens is 1. The van der Waals surface area contributed by atoms with Crippen molar-refractivity contribution in [2.75, 3.05) is 11.9 Å². The molecule has 2 N–H and O–H groups in total. The maximum atomic E-state index is 13.3. The molecule has 1 aromatic heterocycles. The largest absolute Gasteiger partial charge is 0.376 e. The van der Waals surface area contributed by atoms with Crippen molar-refractivity contribution in [3.63, 3.8) is 0 Å². The summed E-state index contributed by atoms with van der Waals surface area (Å²) in [5.41, 5.74) is 1.59. The van der Waals surface area contributed by atoms with Crippen LogP contribution in [0.2, 0.25) is 0 Å². The van der Waals surface area contributed by atoms with Crippen LogP contribution in [0.1, 0.15) is 50.1 Å². The highest BCUT2D eigenvalue weighted by molar-refractivity contribution is 5.89. The van der Waals surface area contributed by atoms with Crippen molar-refractivity contribution in [1.29, 1.82) is 0 Å². The average molecular weight is 386 g/mol. The molecule has 2 amide bonds. The van der Waals surface area contributed by atoms with Crippen molar-refractivity contribution in [1.82, 2.24) is 15.1 Å². The van der Waals surface area contributed by atoms with Crippen LogP contribution in [-0.2, 0) is 11.3 Å². The van der Waals surface area contributed by atoms with E-state index < -0.39 is 0 Å². The van der Waals surface area contributed by atoms with E-state index in [0.717, 1.165) is 37.9 Å². The van der Waals surface area contributed by atoms with Gasteiger partial charge in [0.2, 0.25) is 0 Å². The number of anilines is 1. The van der Waals surface area contributed by atoms with Gasteiger partial charge >= 0.3 is 6.03 Å². The maximum absolute atomic E-state index is 13.3. The minimum absolute atomic E-state index is 0.120. The van der Waals surface area contributed by atoms with Crippen molar-refractivity contribution < 1.29 is 13.9 Å². The Balaban J connectivity index is 1.38. The summed E-state index contributed by atoms with van der Waals surface area (Å²) in [5.74, 6) is 0.107. The first-order valence-electron chi connectivity index (χ1n) is 10.1. The molecule has 1 aliphatic heterocycles. The van der Waals surface area contributed by atoms with Crippen LogP contribution in [0.4, 0.5) is 14.9 Å². The second kappa shape index (κ2) is 8.73. The monoisotopic (exact) mass is 386 g/mol. The Morgan fingerprint density at radius 1 is 1.21 bits per heavy atom. The number of carbonyl (C=O) groups excluding carboxylic acids is 1. The molecule has 2 aliphatic rings. The van der Waals surface area contributed by atoms with Gasteiger partial charge in [-0.2, -0.15) is 5.10 Å². The van der Waals surface area contributed by atoms with Gasteiger partial charge in [-0.25, -0.2) is 9.18 Å². The Bertz CT molecular complexity index is 780. The predicted molar refractivity (Wildman–Crippen MR) is 104 cm³/mol. The van der Waals surface area contributed by atoms with Gasteiger partial charge < -0.3 is 15.4 Å². The SMILES string of the molecule is O=C(Nc1cnn(CC2CCCO2)c1)NC(c1ccc(F)cc1)C1CCCC1. The van der Waals surface area contributed by atoms with Crippen molar-refractivity contribution in [3.8, 4) is 0 Å². The van der Waals surface area contributed by atoms with Crippen LogP contribution in [0.3, 0.4) is 0 Å². The number of ether oxygens (including phenoxy) is 1. The minimum Gasteiger partial charge on any atom is -0.376 e. The summed E-state index contributed by atoms with van der Waals surface area (Å²) < 4.78 is 20.7. The molecule has 2 fully saturated rings. The molecule has 0 bridgehead atoms. The van der Waals surface area contributed by atoms with Crippen molar-refractivity contribution >= 4 is 11.7 Å². The number of rotatable bonds is 6. The van der Waals surface area contributed by atoms with E-state index in [9.17, 15) is 9.18 Å². The topological polar surface area (TPSA) is 68.2 Å². The molecular weight excluding hydrogens is 359 g/mol. The third-order valence-electron chi connectivity index (χ3n) is 5.69. The number of aromatic nitrogens is 2. The molecule has 2 atom stereocenters. The van der Waals surface area contributed by atoms with Gasteiger partial charge in [-0.3, -0.25) is 4.68 Å². The van der Waals surface area contributed by atoms with Crippen LogP contribution >= 0.6 is 0 Å². The molecule has 1 saturated heterocycles. The lowest BCUT2D eigenvalue weighted by Crippen LogP contribution is -2.35. The van der Waals surface area contributed by atoms with Crippen LogP contribution in [0, 0.1) is 11.7 Å². The number of hydrogen-bond donors (Lipinski definition) is 2. The van der Waals surface area contributed by atoms with Crippen molar-refractivity contribution in [2.45, 2.75) is 57.2 Å². The van der Waals surface area contributed by atoms with Crippen LogP contribution in [0.15, 0.2) is 36.7 Å². The van der Waals surface area contributed by atoms with Gasteiger partial charge in [0.1, 0.15) is 5.82 Å². The van der Waals surface area contributed by atoms with E-state index in [0.29, 0.717) is 18.2 Å². The van der Waals surface area contributed by atoms with Gasteiger partial charge in [0.25, 0.3) is 0 Å². The quantitative estimate of drug-likeness (QED) is 0.780. The van der Waals surface area contributed by atoms with E-state index >= 15 is 0 Å². The fraction of sp³-hybridized carbons (Fsp3) is 0.524. The number of nitrogens with one attached hydrogen (secondary N) is 2. The standard InChI is InChI=1S/C21H27FN4O2/c22-17-9-7-16(8-10-17)20(15-4-1-2-5-15)25-21(27)24-18-12-23-26(13-18)14-19-6-3-11-28-19/h7-10,12-13,15,19-20H,1-6,11,14H2,(H2,24,25,27). The van der Waals surface area contributed by atoms with Gasteiger partial charge in [-0.15, -0.1) is 0 Å². The van der Waals surface area contributed by atoms with E-state index in [1.807, 2.05) is 6.20 Å². The molecule has 2 heterocycles. The Morgan fingerprint density at radius 3 is 2.71 bits per heavy atom. The summed E-state index contributed by atoms with van der Waals surface area (Å²) in [6.07, 6.45) is 10.3. The zero-order chi connectivity index (χ0) is 19.3. The van der Waals surface area contributed by atoms with Crippen LogP contribution in [0.25, 0.3) is 0 Å². The first-order valence-corrected chi connectivity index (χ1v) is 10.1. The number of carbonyl (C=O) groups is 1. The molecule has 1 aliphatic carbocycles. The lowest BCUT2D eigenvalue weighted by molar-refractivity contribution is 0.0940. The Kier molecular flexibility index (Phi) is 5.90. The van der Waals surface area contributed by atoms with Gasteiger partial charge in [0.15, 0.2) is 0 Å². The molecule has 6 nitrogen and oxygen atoms in total. The summed E-state index contributed by atoms with van der Waals surface area (Å²) >= 11 is 0. The molecule has 1 saturated carbocycles. The van der Waals surface area contributed by atoms with Crippen molar-refractivity contribution in [2.24, 2.45) is 5.92 Å². The summed E-state index contributed by atoms with van der Waals surface area (Å²) in [6.45, 7) is 1.51. The highest BCUT2D eigenvalue weighted by Crippen LogP contribution is 2.35. The molecule has 1 aromatic carbocycles. The molecule has 0 radical (unpaired) electrons. The second-order valence-electron chi connectivity index (χ2n) is 7.76. The fourth-order valence-corrected chi connectivity index (χ4v) is 4.27. The lowest BCUT2D eigenvalue weighted by Gasteiger charge is -2.25. The molecule has 4 rings (SSSR count). The lowest BCUT2D eigenvalue weighted by atomic mass is 9.91. The molecular formula is C21H27FN4O2. The zero-order valence-electron chi connectivity index (χ0n) is 15.9. The van der Waals surface area contributed by atoms with Gasteiger partial charge in [0, 0.05) is 12.8 Å². The molecule has 150 valence electrons. The summed E-state index contributed by atoms with van der Waals surface area (Å²) in [4.78, 5) is 12.6. The van der Waals surface area contributed by atoms with E-state index in [1.54, 1.807) is 23.0 Å². The fourth-order valence-electron chi connectivity index (χ4n) is 4.27. The van der Waals surface area contributed by atoms with Crippen molar-refractivity contribution in [3.05, 3.63) is 48.0 Å². The van der Waals surface area contributed by atoms with Crippen LogP contribution < -0.4 is 10.6 Å². The third-order valence-corrected chi connectivity index (χ3v) is 5.69. The normalized spacial score (nSPS) is 21.0. The number of urea groups is 1. The predicted octanol–water partition coefficient (Wildman–Crippen LogP) is 4.25. The highest BCUT2D eigenvalue weighted by atomic mass is 19.1. The molecule has 28 heavy (non-hydrogen) atoms.